The van der Waals surface area contributed by atoms with Crippen LogP contribution in [-0.4, -0.2) is 14.1 Å². The second-order valence-corrected chi connectivity index (χ2v) is 3.87. The molecule has 3 heteroatoms. The van der Waals surface area contributed by atoms with Crippen molar-refractivity contribution in [3.63, 3.8) is 0 Å². The second-order valence-electron chi connectivity index (χ2n) is 3.87. The summed E-state index contributed by atoms with van der Waals surface area (Å²) in [4.78, 5) is 2.05. The van der Waals surface area contributed by atoms with E-state index in [2.05, 4.69) is 16.0 Å². The monoisotopic (exact) mass is 224 g/mol. The zero-order valence-electron chi connectivity index (χ0n) is 9.96. The van der Waals surface area contributed by atoms with Crippen LogP contribution in [0.15, 0.2) is 64.2 Å². The van der Waals surface area contributed by atoms with Crippen LogP contribution in [-0.2, 0) is 0 Å². The fourth-order valence-corrected chi connectivity index (χ4v) is 1.38. The van der Waals surface area contributed by atoms with Crippen LogP contribution < -0.4 is 4.90 Å². The van der Waals surface area contributed by atoms with Gasteiger partial charge in [-0.25, -0.2) is 0 Å². The molecule has 1 aromatic rings. The van der Waals surface area contributed by atoms with Crippen LogP contribution in [0.2, 0.25) is 0 Å². The van der Waals surface area contributed by atoms with Crippen molar-refractivity contribution in [2.75, 3.05) is 19.0 Å². The van der Waals surface area contributed by atoms with E-state index in [9.17, 15) is 0 Å². The number of rotatable bonds is 3. The first-order chi connectivity index (χ1) is 8.25. The zero-order valence-corrected chi connectivity index (χ0v) is 9.96. The molecular formula is C14H14N3. The Morgan fingerprint density at radius 3 is 2.35 bits per heavy atom. The highest BCUT2D eigenvalue weighted by molar-refractivity contribution is 5.51. The zero-order chi connectivity index (χ0) is 12.1. The van der Waals surface area contributed by atoms with Gasteiger partial charge in [-0.2, -0.15) is 10.2 Å². The molecule has 0 fully saturated rings. The molecule has 85 valence electrons. The molecule has 0 N–H and O–H groups in total. The largest absolute Gasteiger partial charge is 0.378 e. The molecule has 1 aliphatic carbocycles. The fraction of sp³-hybridized carbons (Fsp3) is 0.143. The molecule has 0 aliphatic heterocycles. The predicted molar refractivity (Wildman–Crippen MR) is 70.3 cm³/mol. The summed E-state index contributed by atoms with van der Waals surface area (Å²) in [6.07, 6.45) is 7.39. The van der Waals surface area contributed by atoms with Gasteiger partial charge in [0.1, 0.15) is 0 Å². The first kappa shape index (κ1) is 11.4. The molecule has 0 bridgehead atoms. The number of allylic oxidation sites excluding steroid dienone is 2. The topological polar surface area (TPSA) is 28.0 Å². The molecule has 2 rings (SSSR count). The smallest absolute Gasteiger partial charge is 0.0858 e. The van der Waals surface area contributed by atoms with Crippen molar-refractivity contribution in [2.24, 2.45) is 10.2 Å². The molecule has 0 spiro atoms. The average Bonchev–Trinajstić information content (AvgIpc) is 2.38. The minimum atomic E-state index is 0.834. The molecule has 0 heterocycles. The normalized spacial score (nSPS) is 14.1. The molecule has 17 heavy (non-hydrogen) atoms. The molecule has 3 nitrogen and oxygen atoms in total. The Balaban J connectivity index is 2.06. The Morgan fingerprint density at radius 1 is 1.00 bits per heavy atom. The van der Waals surface area contributed by atoms with Crippen molar-refractivity contribution < 1.29 is 0 Å². The Morgan fingerprint density at radius 2 is 1.76 bits per heavy atom. The molecule has 1 radical (unpaired) electrons. The SMILES string of the molecule is CN(C)c1ccc(N=NC2=CC=C=C[CH]2)cc1. The summed E-state index contributed by atoms with van der Waals surface area (Å²) in [5.41, 5.74) is 5.78. The molecule has 1 aromatic carbocycles. The molecule has 0 atom stereocenters. The van der Waals surface area contributed by atoms with Crippen molar-refractivity contribution in [2.45, 2.75) is 0 Å². The summed E-state index contributed by atoms with van der Waals surface area (Å²) in [6, 6.07) is 7.95. The van der Waals surface area contributed by atoms with Crippen LogP contribution in [0.3, 0.4) is 0 Å². The Bertz CT molecular complexity index is 501. The van der Waals surface area contributed by atoms with Gasteiger partial charge in [-0.05, 0) is 42.5 Å². The van der Waals surface area contributed by atoms with Crippen LogP contribution in [0.25, 0.3) is 0 Å². The summed E-state index contributed by atoms with van der Waals surface area (Å²) >= 11 is 0. The van der Waals surface area contributed by atoms with Gasteiger partial charge in [-0.3, -0.25) is 0 Å². The molecule has 0 unspecified atom stereocenters. The van der Waals surface area contributed by atoms with Crippen molar-refractivity contribution >= 4 is 11.4 Å². The van der Waals surface area contributed by atoms with Crippen molar-refractivity contribution in [3.8, 4) is 0 Å². The minimum Gasteiger partial charge on any atom is -0.378 e. The van der Waals surface area contributed by atoms with E-state index in [1.807, 2.05) is 67.9 Å². The van der Waals surface area contributed by atoms with Gasteiger partial charge >= 0.3 is 0 Å². The molecule has 0 aromatic heterocycles. The first-order valence-electron chi connectivity index (χ1n) is 5.41. The standard InChI is InChI=1S/C14H14N3/c1-17(2)14-10-8-13(9-11-14)16-15-12-6-4-3-5-7-12/h4-11H,1-2H3. The molecule has 1 aliphatic rings. The van der Waals surface area contributed by atoms with E-state index < -0.39 is 0 Å². The van der Waals surface area contributed by atoms with Gasteiger partial charge in [0.05, 0.1) is 11.4 Å². The highest BCUT2D eigenvalue weighted by atomic mass is 15.1. The third-order valence-electron chi connectivity index (χ3n) is 2.35. The second kappa shape index (κ2) is 5.28. The van der Waals surface area contributed by atoms with Crippen molar-refractivity contribution in [3.05, 3.63) is 60.3 Å². The van der Waals surface area contributed by atoms with E-state index >= 15 is 0 Å². The van der Waals surface area contributed by atoms with E-state index in [4.69, 9.17) is 0 Å². The van der Waals surface area contributed by atoms with Crippen LogP contribution in [0.1, 0.15) is 0 Å². The Kier molecular flexibility index (Phi) is 3.53. The minimum absolute atomic E-state index is 0.834. The predicted octanol–water partition coefficient (Wildman–Crippen LogP) is 3.65. The van der Waals surface area contributed by atoms with Crippen LogP contribution in [0.5, 0.6) is 0 Å². The van der Waals surface area contributed by atoms with E-state index in [0.29, 0.717) is 0 Å². The molecular weight excluding hydrogens is 210 g/mol. The first-order valence-corrected chi connectivity index (χ1v) is 5.41. The van der Waals surface area contributed by atoms with Crippen molar-refractivity contribution in [1.29, 1.82) is 0 Å². The highest BCUT2D eigenvalue weighted by Crippen LogP contribution is 2.19. The van der Waals surface area contributed by atoms with Gasteiger partial charge in [0.15, 0.2) is 0 Å². The summed E-state index contributed by atoms with van der Waals surface area (Å²) in [6.45, 7) is 0. The van der Waals surface area contributed by atoms with Gasteiger partial charge in [-0.1, -0.05) is 0 Å². The van der Waals surface area contributed by atoms with E-state index in [0.717, 1.165) is 17.1 Å². The number of hydrogen-bond donors (Lipinski definition) is 0. The maximum Gasteiger partial charge on any atom is 0.0858 e. The summed E-state index contributed by atoms with van der Waals surface area (Å²) < 4.78 is 0. The molecule has 0 saturated carbocycles. The Hall–Kier alpha value is -2.12. The summed E-state index contributed by atoms with van der Waals surface area (Å²) in [7, 11) is 4.02. The maximum atomic E-state index is 4.17. The molecule has 0 saturated heterocycles. The van der Waals surface area contributed by atoms with E-state index in [-0.39, 0.29) is 0 Å². The van der Waals surface area contributed by atoms with Gasteiger partial charge in [0.25, 0.3) is 0 Å². The number of hydrogen-bond acceptors (Lipinski definition) is 3. The summed E-state index contributed by atoms with van der Waals surface area (Å²) in [5, 5.41) is 8.31. The third kappa shape index (κ3) is 3.16. The number of anilines is 1. The van der Waals surface area contributed by atoms with Crippen LogP contribution in [0.4, 0.5) is 11.4 Å². The number of azo groups is 1. The van der Waals surface area contributed by atoms with E-state index in [1.165, 1.54) is 0 Å². The van der Waals surface area contributed by atoms with Gasteiger partial charge in [-0.15, -0.1) is 5.73 Å². The average molecular weight is 224 g/mol. The van der Waals surface area contributed by atoms with Gasteiger partial charge < -0.3 is 4.90 Å². The quantitative estimate of drug-likeness (QED) is 0.569. The molecule has 0 amide bonds. The lowest BCUT2D eigenvalue weighted by Gasteiger charge is -2.11. The summed E-state index contributed by atoms with van der Waals surface area (Å²) in [5.74, 6) is 0. The number of nitrogens with zero attached hydrogens (tertiary/aromatic N) is 3. The lowest BCUT2D eigenvalue weighted by Crippen LogP contribution is -2.07. The van der Waals surface area contributed by atoms with Gasteiger partial charge in [0, 0.05) is 26.2 Å². The Labute approximate surface area is 101 Å². The lowest BCUT2D eigenvalue weighted by molar-refractivity contribution is 1.12. The van der Waals surface area contributed by atoms with Crippen LogP contribution >= 0.6 is 0 Å². The third-order valence-corrected chi connectivity index (χ3v) is 2.35. The fourth-order valence-electron chi connectivity index (χ4n) is 1.38. The highest BCUT2D eigenvalue weighted by Gasteiger charge is 1.96. The maximum absolute atomic E-state index is 4.17. The lowest BCUT2D eigenvalue weighted by atomic mass is 10.2. The van der Waals surface area contributed by atoms with Crippen LogP contribution in [0, 0.1) is 6.42 Å². The van der Waals surface area contributed by atoms with E-state index in [1.54, 1.807) is 0 Å². The number of benzene rings is 1. The van der Waals surface area contributed by atoms with Gasteiger partial charge in [0.2, 0.25) is 0 Å². The van der Waals surface area contributed by atoms with Crippen molar-refractivity contribution in [1.82, 2.24) is 0 Å².